The summed E-state index contributed by atoms with van der Waals surface area (Å²) in [7, 11) is 1.97. The maximum atomic E-state index is 4.13. The van der Waals surface area contributed by atoms with Gasteiger partial charge in [0.25, 0.3) is 0 Å². The minimum absolute atomic E-state index is 0.794. The van der Waals surface area contributed by atoms with Crippen LogP contribution in [0.3, 0.4) is 0 Å². The maximum absolute atomic E-state index is 4.13. The molecule has 0 bridgehead atoms. The highest BCUT2D eigenvalue weighted by Gasteiger charge is 2.14. The van der Waals surface area contributed by atoms with Gasteiger partial charge in [0.15, 0.2) is 5.70 Å². The summed E-state index contributed by atoms with van der Waals surface area (Å²) >= 11 is 0. The standard InChI is InChI=1S/C15H28N/c1-8-12(3)10-11-15(13(4)9-2)14(5)16(6)7/h12H,5-6,8-11H2,1-4,7H3/q+1. The first-order chi connectivity index (χ1) is 7.43. The Morgan fingerprint density at radius 2 is 1.88 bits per heavy atom. The van der Waals surface area contributed by atoms with E-state index in [1.807, 2.05) is 11.6 Å². The SMILES string of the molecule is C=C(C(CCC(C)CC)=C(C)CC)[N+](=C)C. The Morgan fingerprint density at radius 1 is 1.31 bits per heavy atom. The highest BCUT2D eigenvalue weighted by Crippen LogP contribution is 2.24. The van der Waals surface area contributed by atoms with E-state index in [2.05, 4.69) is 41.0 Å². The van der Waals surface area contributed by atoms with E-state index >= 15 is 0 Å². The zero-order valence-electron chi connectivity index (χ0n) is 11.8. The molecule has 0 saturated heterocycles. The molecule has 92 valence electrons. The molecule has 1 heteroatoms. The zero-order valence-corrected chi connectivity index (χ0v) is 11.8. The lowest BCUT2D eigenvalue weighted by Crippen LogP contribution is -2.07. The van der Waals surface area contributed by atoms with E-state index in [9.17, 15) is 0 Å². The van der Waals surface area contributed by atoms with Gasteiger partial charge in [-0.3, -0.25) is 0 Å². The summed E-state index contributed by atoms with van der Waals surface area (Å²) in [4.78, 5) is 0. The van der Waals surface area contributed by atoms with E-state index in [0.717, 1.165) is 24.5 Å². The molecule has 16 heavy (non-hydrogen) atoms. The molecule has 0 aliphatic carbocycles. The molecule has 0 radical (unpaired) electrons. The van der Waals surface area contributed by atoms with Crippen LogP contribution in [0.25, 0.3) is 0 Å². The van der Waals surface area contributed by atoms with Crippen molar-refractivity contribution in [2.75, 3.05) is 7.05 Å². The lowest BCUT2D eigenvalue weighted by atomic mass is 9.94. The van der Waals surface area contributed by atoms with Gasteiger partial charge in [-0.1, -0.05) is 32.8 Å². The van der Waals surface area contributed by atoms with Crippen LogP contribution in [-0.2, 0) is 0 Å². The fourth-order valence-electron chi connectivity index (χ4n) is 1.64. The number of likely N-dealkylation sites (N-methyl/N-ethyl adjacent to an activating group) is 1. The molecule has 0 aromatic heterocycles. The molecule has 0 saturated carbocycles. The van der Waals surface area contributed by atoms with Crippen molar-refractivity contribution < 1.29 is 4.58 Å². The van der Waals surface area contributed by atoms with Crippen molar-refractivity contribution in [3.8, 4) is 0 Å². The Kier molecular flexibility index (Phi) is 7.03. The number of hydrogen-bond donors (Lipinski definition) is 0. The van der Waals surface area contributed by atoms with Crippen molar-refractivity contribution >= 4 is 6.72 Å². The minimum Gasteiger partial charge on any atom is -0.208 e. The van der Waals surface area contributed by atoms with E-state index in [4.69, 9.17) is 0 Å². The van der Waals surface area contributed by atoms with Crippen LogP contribution in [0.1, 0.15) is 53.4 Å². The van der Waals surface area contributed by atoms with E-state index in [1.54, 1.807) is 0 Å². The molecule has 1 nitrogen and oxygen atoms in total. The third kappa shape index (κ3) is 4.78. The highest BCUT2D eigenvalue weighted by atomic mass is 14.9. The Labute approximate surface area is 102 Å². The van der Waals surface area contributed by atoms with Gasteiger partial charge in [0.05, 0.1) is 0 Å². The Morgan fingerprint density at radius 3 is 2.25 bits per heavy atom. The molecule has 0 rings (SSSR count). The molecule has 0 heterocycles. The lowest BCUT2D eigenvalue weighted by molar-refractivity contribution is -0.429. The molecule has 0 fully saturated rings. The fraction of sp³-hybridized carbons (Fsp3) is 0.667. The van der Waals surface area contributed by atoms with E-state index in [-0.39, 0.29) is 0 Å². The summed E-state index contributed by atoms with van der Waals surface area (Å²) < 4.78 is 1.88. The van der Waals surface area contributed by atoms with Crippen LogP contribution < -0.4 is 0 Å². The average Bonchev–Trinajstić information content (AvgIpc) is 2.27. The van der Waals surface area contributed by atoms with Crippen molar-refractivity contribution in [3.63, 3.8) is 0 Å². The first-order valence-electron chi connectivity index (χ1n) is 6.36. The quantitative estimate of drug-likeness (QED) is 0.341. The smallest absolute Gasteiger partial charge is 0.200 e. The van der Waals surface area contributed by atoms with Gasteiger partial charge in [0.1, 0.15) is 13.8 Å². The second kappa shape index (κ2) is 7.43. The number of allylic oxidation sites excluding steroid dienone is 2. The van der Waals surface area contributed by atoms with Crippen molar-refractivity contribution in [1.82, 2.24) is 0 Å². The third-order valence-electron chi connectivity index (χ3n) is 3.44. The monoisotopic (exact) mass is 222 g/mol. The van der Waals surface area contributed by atoms with Gasteiger partial charge in [0.2, 0.25) is 0 Å². The molecule has 0 aliphatic heterocycles. The Bertz CT molecular complexity index is 284. The second-order valence-corrected chi connectivity index (χ2v) is 4.81. The molecular formula is C15H28N+. The molecule has 1 atom stereocenters. The van der Waals surface area contributed by atoms with Crippen LogP contribution in [0.2, 0.25) is 0 Å². The van der Waals surface area contributed by atoms with Crippen molar-refractivity contribution in [3.05, 3.63) is 23.4 Å². The minimum atomic E-state index is 0.794. The fourth-order valence-corrected chi connectivity index (χ4v) is 1.64. The highest BCUT2D eigenvalue weighted by molar-refractivity contribution is 5.30. The third-order valence-corrected chi connectivity index (χ3v) is 3.44. The van der Waals surface area contributed by atoms with Gasteiger partial charge in [-0.15, -0.1) is 0 Å². The largest absolute Gasteiger partial charge is 0.208 e. The van der Waals surface area contributed by atoms with E-state index < -0.39 is 0 Å². The van der Waals surface area contributed by atoms with Crippen LogP contribution in [0.5, 0.6) is 0 Å². The molecule has 0 aliphatic rings. The van der Waals surface area contributed by atoms with Gasteiger partial charge in [-0.2, -0.15) is 0 Å². The summed E-state index contributed by atoms with van der Waals surface area (Å²) in [5.41, 5.74) is 3.92. The van der Waals surface area contributed by atoms with Gasteiger partial charge in [0, 0.05) is 5.57 Å². The predicted octanol–water partition coefficient (Wildman–Crippen LogP) is 4.40. The summed E-state index contributed by atoms with van der Waals surface area (Å²) in [5, 5.41) is 0. The molecule has 0 N–H and O–H groups in total. The van der Waals surface area contributed by atoms with Crippen molar-refractivity contribution in [2.45, 2.75) is 53.4 Å². The van der Waals surface area contributed by atoms with E-state index in [1.165, 1.54) is 24.0 Å². The van der Waals surface area contributed by atoms with Crippen LogP contribution >= 0.6 is 0 Å². The molecular weight excluding hydrogens is 194 g/mol. The van der Waals surface area contributed by atoms with Gasteiger partial charge in [-0.05, 0) is 38.7 Å². The molecule has 0 spiro atoms. The second-order valence-electron chi connectivity index (χ2n) is 4.81. The lowest BCUT2D eigenvalue weighted by Gasteiger charge is -2.13. The Hall–Kier alpha value is -0.850. The number of nitrogens with zero attached hydrogens (tertiary/aromatic N) is 1. The molecule has 1 unspecified atom stereocenters. The summed E-state index contributed by atoms with van der Waals surface area (Å²) in [6, 6.07) is 0. The molecule has 0 aromatic carbocycles. The first-order valence-corrected chi connectivity index (χ1v) is 6.36. The summed E-state index contributed by atoms with van der Waals surface area (Å²) in [5.74, 6) is 0.794. The Balaban J connectivity index is 4.72. The number of rotatable bonds is 7. The molecule has 0 aromatic rings. The zero-order chi connectivity index (χ0) is 12.7. The van der Waals surface area contributed by atoms with Gasteiger partial charge < -0.3 is 0 Å². The van der Waals surface area contributed by atoms with Crippen LogP contribution in [0, 0.1) is 5.92 Å². The van der Waals surface area contributed by atoms with Crippen LogP contribution in [0.4, 0.5) is 0 Å². The predicted molar refractivity (Wildman–Crippen MR) is 74.1 cm³/mol. The first kappa shape index (κ1) is 15.2. The normalized spacial score (nSPS) is 14.3. The summed E-state index contributed by atoms with van der Waals surface area (Å²) in [6.07, 6.45) is 4.73. The van der Waals surface area contributed by atoms with Crippen molar-refractivity contribution in [1.29, 1.82) is 0 Å². The summed E-state index contributed by atoms with van der Waals surface area (Å²) in [6.45, 7) is 17.0. The molecule has 0 amide bonds. The van der Waals surface area contributed by atoms with Crippen LogP contribution in [-0.4, -0.2) is 18.3 Å². The maximum Gasteiger partial charge on any atom is 0.200 e. The van der Waals surface area contributed by atoms with Gasteiger partial charge >= 0.3 is 0 Å². The van der Waals surface area contributed by atoms with Crippen LogP contribution in [0.15, 0.2) is 23.4 Å². The average molecular weight is 222 g/mol. The van der Waals surface area contributed by atoms with Gasteiger partial charge in [-0.25, -0.2) is 4.58 Å². The topological polar surface area (TPSA) is 3.01 Å². The van der Waals surface area contributed by atoms with Crippen molar-refractivity contribution in [2.24, 2.45) is 5.92 Å². The van der Waals surface area contributed by atoms with E-state index in [0.29, 0.717) is 0 Å². The number of hydrogen-bond acceptors (Lipinski definition) is 0.